The Morgan fingerprint density at radius 3 is 2.24 bits per heavy atom. The van der Waals surface area contributed by atoms with Crippen LogP contribution in [0, 0.1) is 0 Å². The number of sulfonamides is 1. The van der Waals surface area contributed by atoms with E-state index in [0.717, 1.165) is 6.07 Å². The van der Waals surface area contributed by atoms with Gasteiger partial charge in [0.2, 0.25) is 22.6 Å². The Kier molecular flexibility index (Phi) is 17.1. The van der Waals surface area contributed by atoms with E-state index < -0.39 is 57.1 Å². The molecule has 1 unspecified atom stereocenters. The van der Waals surface area contributed by atoms with Gasteiger partial charge in [0, 0.05) is 29.2 Å². The zero-order valence-electron chi connectivity index (χ0n) is 30.6. The van der Waals surface area contributed by atoms with Crippen LogP contribution in [-0.4, -0.2) is 94.3 Å². The second-order valence-corrected chi connectivity index (χ2v) is 15.1. The van der Waals surface area contributed by atoms with Crippen molar-refractivity contribution in [2.45, 2.75) is 63.6 Å². The van der Waals surface area contributed by atoms with Crippen LogP contribution in [0.15, 0.2) is 64.1 Å². The molecule has 0 aliphatic carbocycles. The molecule has 0 spiro atoms. The Morgan fingerprint density at radius 2 is 1.60 bits per heavy atom. The van der Waals surface area contributed by atoms with E-state index in [-0.39, 0.29) is 74.5 Å². The molecule has 0 fully saturated rings. The van der Waals surface area contributed by atoms with E-state index in [1.54, 1.807) is 51.1 Å². The number of amides is 1. The average Bonchev–Trinajstić information content (AvgIpc) is 3.63. The molecule has 1 aromatic heterocycles. The third-order valence-corrected chi connectivity index (χ3v) is 9.16. The van der Waals surface area contributed by atoms with Gasteiger partial charge in [-0.05, 0) is 70.5 Å². The number of hydrogen-bond acceptors (Lipinski definition) is 14. The molecule has 3 N–H and O–H groups in total. The van der Waals surface area contributed by atoms with Gasteiger partial charge in [0.15, 0.2) is 5.78 Å². The van der Waals surface area contributed by atoms with E-state index in [1.807, 2.05) is 0 Å². The number of esters is 2. The topological polar surface area (TPSA) is 220 Å². The van der Waals surface area contributed by atoms with E-state index in [9.17, 15) is 32.4 Å². The number of Topliss-reactive ketones (excluding diaryl/α,β-unsaturated/α-hetero) is 2. The maximum absolute atomic E-state index is 13.1. The molecule has 19 heteroatoms. The molecular weight excluding hydrogens is 785 g/mol. The Morgan fingerprint density at radius 1 is 0.909 bits per heavy atom. The predicted octanol–water partition coefficient (Wildman–Crippen LogP) is 5.39. The Hall–Kier alpha value is -4.52. The van der Waals surface area contributed by atoms with Crippen LogP contribution in [0.5, 0.6) is 0 Å². The highest BCUT2D eigenvalue weighted by molar-refractivity contribution is 7.89. The van der Waals surface area contributed by atoms with E-state index in [4.69, 9.17) is 56.4 Å². The molecule has 0 aliphatic heterocycles. The lowest BCUT2D eigenvalue weighted by Crippen LogP contribution is -2.53. The van der Waals surface area contributed by atoms with Crippen LogP contribution < -0.4 is 10.5 Å². The standard InChI is InChI=1S/C36H43Cl2N3O13S/c1-23(32(43)24-8-5-9-25(37)18-24)41(36(2,3)4)35(46)54-22-53-34(45)30(42)11-7-12-49-14-15-50-16-17-52-33(44)27-19-31(55(39,47)48)28(38)20-29(27)40-21-26-10-6-13-51-26/h5-6,8-10,13,18-20,23,40H,7,11-12,14-17,21-22H2,1-4H3,(H2,39,47,48). The molecule has 1 heterocycles. The lowest BCUT2D eigenvalue weighted by Gasteiger charge is -2.38. The fourth-order valence-corrected chi connectivity index (χ4v) is 6.30. The van der Waals surface area contributed by atoms with Gasteiger partial charge in [-0.25, -0.2) is 27.9 Å². The number of hydrogen-bond donors (Lipinski definition) is 2. The largest absolute Gasteiger partial charge is 0.467 e. The lowest BCUT2D eigenvalue weighted by atomic mass is 9.98. The van der Waals surface area contributed by atoms with Crippen molar-refractivity contribution < 1.29 is 60.5 Å². The molecular formula is C36H43Cl2N3O13S. The molecule has 16 nitrogen and oxygen atoms in total. The number of ketones is 2. The highest BCUT2D eigenvalue weighted by Crippen LogP contribution is 2.29. The van der Waals surface area contributed by atoms with Crippen LogP contribution in [0.1, 0.15) is 67.0 Å². The van der Waals surface area contributed by atoms with Gasteiger partial charge >= 0.3 is 18.0 Å². The molecule has 3 rings (SSSR count). The summed E-state index contributed by atoms with van der Waals surface area (Å²) >= 11 is 12.1. The fraction of sp³-hybridized carbons (Fsp3) is 0.417. The molecule has 55 heavy (non-hydrogen) atoms. The van der Waals surface area contributed by atoms with Crippen molar-refractivity contribution in [2.24, 2.45) is 5.14 Å². The van der Waals surface area contributed by atoms with E-state index in [0.29, 0.717) is 16.3 Å². The number of carbonyl (C=O) groups excluding carboxylic acids is 5. The second-order valence-electron chi connectivity index (χ2n) is 12.7. The number of halogens is 2. The fourth-order valence-electron chi connectivity index (χ4n) is 5.01. The van der Waals surface area contributed by atoms with Gasteiger partial charge in [0.25, 0.3) is 0 Å². The number of ether oxygens (including phenoxy) is 5. The molecule has 0 radical (unpaired) electrons. The van der Waals surface area contributed by atoms with Crippen LogP contribution in [0.2, 0.25) is 10.0 Å². The van der Waals surface area contributed by atoms with Crippen LogP contribution in [0.4, 0.5) is 10.5 Å². The lowest BCUT2D eigenvalue weighted by molar-refractivity contribution is -0.160. The van der Waals surface area contributed by atoms with Crippen molar-refractivity contribution in [2.75, 3.05) is 45.1 Å². The first kappa shape index (κ1) is 44.9. The van der Waals surface area contributed by atoms with Gasteiger partial charge < -0.3 is 33.4 Å². The predicted molar refractivity (Wildman–Crippen MR) is 199 cm³/mol. The van der Waals surface area contributed by atoms with Crippen LogP contribution in [0.3, 0.4) is 0 Å². The number of benzene rings is 2. The summed E-state index contributed by atoms with van der Waals surface area (Å²) in [5.74, 6) is -2.73. The van der Waals surface area contributed by atoms with Gasteiger partial charge in [0.05, 0.1) is 54.9 Å². The molecule has 2 aromatic carbocycles. The first-order valence-corrected chi connectivity index (χ1v) is 19.1. The third kappa shape index (κ3) is 14.2. The number of nitrogens with two attached hydrogens (primary N) is 1. The number of anilines is 1. The highest BCUT2D eigenvalue weighted by Gasteiger charge is 2.36. The van der Waals surface area contributed by atoms with Crippen molar-refractivity contribution in [3.63, 3.8) is 0 Å². The highest BCUT2D eigenvalue weighted by atomic mass is 35.5. The summed E-state index contributed by atoms with van der Waals surface area (Å²) < 4.78 is 55.1. The average molecular weight is 829 g/mol. The van der Waals surface area contributed by atoms with Gasteiger partial charge in [0.1, 0.15) is 17.3 Å². The zero-order chi connectivity index (χ0) is 40.8. The minimum atomic E-state index is -4.24. The monoisotopic (exact) mass is 827 g/mol. The van der Waals surface area contributed by atoms with Gasteiger partial charge in [-0.15, -0.1) is 0 Å². The quantitative estimate of drug-likeness (QED) is 0.0452. The van der Waals surface area contributed by atoms with Crippen LogP contribution >= 0.6 is 23.2 Å². The number of rotatable bonds is 21. The minimum absolute atomic E-state index is 0.0145. The minimum Gasteiger partial charge on any atom is -0.467 e. The first-order chi connectivity index (χ1) is 25.9. The molecule has 0 aliphatic rings. The van der Waals surface area contributed by atoms with Crippen LogP contribution in [0.25, 0.3) is 0 Å². The summed E-state index contributed by atoms with van der Waals surface area (Å²) in [6.07, 6.45) is 0.538. The van der Waals surface area contributed by atoms with Crippen molar-refractivity contribution >= 4 is 68.5 Å². The summed E-state index contributed by atoms with van der Waals surface area (Å²) in [5, 5.41) is 8.37. The Balaban J connectivity index is 1.32. The first-order valence-electron chi connectivity index (χ1n) is 16.8. The van der Waals surface area contributed by atoms with Crippen molar-refractivity contribution in [3.8, 4) is 0 Å². The normalized spacial score (nSPS) is 12.1. The molecule has 0 bridgehead atoms. The van der Waals surface area contributed by atoms with Crippen molar-refractivity contribution in [1.29, 1.82) is 0 Å². The summed E-state index contributed by atoms with van der Waals surface area (Å²) in [4.78, 5) is 63.9. The molecule has 1 atom stereocenters. The van der Waals surface area contributed by atoms with Gasteiger partial charge in [-0.1, -0.05) is 35.3 Å². The van der Waals surface area contributed by atoms with Crippen molar-refractivity contribution in [3.05, 3.63) is 81.7 Å². The third-order valence-electron chi connectivity index (χ3n) is 7.55. The second kappa shape index (κ2) is 21.0. The molecule has 300 valence electrons. The van der Waals surface area contributed by atoms with Gasteiger partial charge in [-0.2, -0.15) is 0 Å². The number of nitrogens with zero attached hydrogens (tertiary/aromatic N) is 1. The van der Waals surface area contributed by atoms with E-state index in [2.05, 4.69) is 5.32 Å². The molecule has 0 saturated heterocycles. The number of carbonyl (C=O) groups is 5. The maximum Gasteiger partial charge on any atom is 0.413 e. The SMILES string of the molecule is CC(C(=O)c1cccc(Cl)c1)N(C(=O)OCOC(=O)C(=O)CCCOCCOCCOC(=O)c1cc(S(N)(=O)=O)c(Cl)cc1NCc1ccco1)C(C)(C)C. The molecule has 1 amide bonds. The Labute approximate surface area is 328 Å². The Bertz CT molecular complexity index is 1920. The number of nitrogens with one attached hydrogen (secondary N) is 1. The van der Waals surface area contributed by atoms with E-state index in [1.165, 1.54) is 30.2 Å². The molecule has 3 aromatic rings. The van der Waals surface area contributed by atoms with E-state index >= 15 is 0 Å². The smallest absolute Gasteiger partial charge is 0.413 e. The summed E-state index contributed by atoms with van der Waals surface area (Å²) in [5.41, 5.74) is -0.473. The van der Waals surface area contributed by atoms with Gasteiger partial charge in [-0.3, -0.25) is 14.5 Å². The zero-order valence-corrected chi connectivity index (χ0v) is 33.0. The van der Waals surface area contributed by atoms with Crippen molar-refractivity contribution in [1.82, 2.24) is 4.90 Å². The van der Waals surface area contributed by atoms with Crippen LogP contribution in [-0.2, 0) is 49.8 Å². The summed E-state index contributed by atoms with van der Waals surface area (Å²) in [7, 11) is -4.24. The number of furan rings is 1. The number of primary sulfonamides is 1. The summed E-state index contributed by atoms with van der Waals surface area (Å²) in [6, 6.07) is 11.0. The molecule has 0 saturated carbocycles. The summed E-state index contributed by atoms with van der Waals surface area (Å²) in [6.45, 7) is 6.15. The maximum atomic E-state index is 13.1.